The van der Waals surface area contributed by atoms with Crippen LogP contribution in [-0.4, -0.2) is 73.0 Å². The zero-order chi connectivity index (χ0) is 22.5. The number of hydrazine groups is 1. The number of ether oxygens (including phenoxy) is 2. The van der Waals surface area contributed by atoms with Gasteiger partial charge in [-0.2, -0.15) is 0 Å². The second-order valence-electron chi connectivity index (χ2n) is 7.99. The van der Waals surface area contributed by atoms with Crippen LogP contribution in [0.3, 0.4) is 0 Å². The summed E-state index contributed by atoms with van der Waals surface area (Å²) in [5.41, 5.74) is 8.24. The maximum atomic E-state index is 13.0. The number of amides is 2. The molecule has 2 fully saturated rings. The summed E-state index contributed by atoms with van der Waals surface area (Å²) in [6.07, 6.45) is 4.51. The van der Waals surface area contributed by atoms with Gasteiger partial charge in [0, 0.05) is 44.6 Å². The summed E-state index contributed by atoms with van der Waals surface area (Å²) >= 11 is 0. The molecule has 2 unspecified atom stereocenters. The predicted octanol–water partition coefficient (Wildman–Crippen LogP) is 0.920. The third-order valence-corrected chi connectivity index (χ3v) is 6.04. The first-order valence-corrected chi connectivity index (χ1v) is 10.8. The van der Waals surface area contributed by atoms with Crippen molar-refractivity contribution in [2.75, 3.05) is 40.4 Å². The van der Waals surface area contributed by atoms with Crippen LogP contribution in [0.2, 0.25) is 0 Å². The number of hydrogen-bond acceptors (Lipinski definition) is 7. The summed E-state index contributed by atoms with van der Waals surface area (Å²) in [6, 6.07) is 9.17. The van der Waals surface area contributed by atoms with Crippen LogP contribution in [0.5, 0.6) is 11.5 Å². The molecule has 1 aromatic carbocycles. The molecule has 0 spiro atoms. The molecule has 0 saturated carbocycles. The van der Waals surface area contributed by atoms with E-state index in [1.807, 2.05) is 40.3 Å². The monoisotopic (exact) mass is 439 g/mol. The molecule has 0 aliphatic carbocycles. The molecule has 9 heteroatoms. The van der Waals surface area contributed by atoms with Crippen LogP contribution in [0.4, 0.5) is 0 Å². The first-order chi connectivity index (χ1) is 15.6. The zero-order valence-electron chi connectivity index (χ0n) is 18.4. The van der Waals surface area contributed by atoms with Crippen LogP contribution in [0.1, 0.15) is 23.6 Å². The van der Waals surface area contributed by atoms with Gasteiger partial charge in [-0.05, 0) is 35.7 Å². The highest BCUT2D eigenvalue weighted by atomic mass is 16.5. The van der Waals surface area contributed by atoms with Crippen molar-refractivity contribution in [3.05, 3.63) is 53.9 Å². The van der Waals surface area contributed by atoms with Gasteiger partial charge < -0.3 is 19.3 Å². The number of nitrogens with one attached hydrogen (secondary N) is 2. The van der Waals surface area contributed by atoms with Crippen molar-refractivity contribution in [1.29, 1.82) is 0 Å². The van der Waals surface area contributed by atoms with Gasteiger partial charge in [0.15, 0.2) is 11.5 Å². The smallest absolute Gasteiger partial charge is 0.241 e. The van der Waals surface area contributed by atoms with Crippen molar-refractivity contribution in [1.82, 2.24) is 25.6 Å². The largest absolute Gasteiger partial charge is 0.493 e. The lowest BCUT2D eigenvalue weighted by Gasteiger charge is -2.36. The summed E-state index contributed by atoms with van der Waals surface area (Å²) in [5.74, 6) is 1.35. The van der Waals surface area contributed by atoms with Crippen LogP contribution in [0.25, 0.3) is 0 Å². The molecule has 0 radical (unpaired) electrons. The van der Waals surface area contributed by atoms with E-state index in [2.05, 4.69) is 15.8 Å². The molecule has 4 rings (SSSR count). The molecule has 32 heavy (non-hydrogen) atoms. The number of rotatable bonds is 6. The number of methoxy groups -OCH3 is 2. The molecule has 2 aliphatic rings. The van der Waals surface area contributed by atoms with Crippen LogP contribution < -0.4 is 20.3 Å². The van der Waals surface area contributed by atoms with E-state index in [0.717, 1.165) is 11.1 Å². The average molecular weight is 440 g/mol. The van der Waals surface area contributed by atoms with Crippen molar-refractivity contribution < 1.29 is 19.1 Å². The molecule has 1 aromatic heterocycles. The van der Waals surface area contributed by atoms with Gasteiger partial charge in [-0.15, -0.1) is 0 Å². The summed E-state index contributed by atoms with van der Waals surface area (Å²) in [6.45, 7) is 2.13. The highest BCUT2D eigenvalue weighted by molar-refractivity contribution is 5.83. The average Bonchev–Trinajstić information content (AvgIpc) is 3.34. The van der Waals surface area contributed by atoms with Crippen LogP contribution in [-0.2, 0) is 16.0 Å². The highest BCUT2D eigenvalue weighted by Gasteiger charge is 2.34. The number of carbonyl (C=O) groups excluding carboxylic acids is 2. The topological polar surface area (TPSA) is 96.0 Å². The van der Waals surface area contributed by atoms with Crippen molar-refractivity contribution in [2.45, 2.75) is 24.9 Å². The normalized spacial score (nSPS) is 20.8. The zero-order valence-corrected chi connectivity index (χ0v) is 18.4. The molecule has 2 N–H and O–H groups in total. The fourth-order valence-corrected chi connectivity index (χ4v) is 4.19. The van der Waals surface area contributed by atoms with Gasteiger partial charge in [-0.25, -0.2) is 10.9 Å². The van der Waals surface area contributed by atoms with Gasteiger partial charge in [0.25, 0.3) is 0 Å². The van der Waals surface area contributed by atoms with Crippen molar-refractivity contribution >= 4 is 11.8 Å². The second-order valence-corrected chi connectivity index (χ2v) is 7.99. The summed E-state index contributed by atoms with van der Waals surface area (Å²) in [4.78, 5) is 33.5. The van der Waals surface area contributed by atoms with Gasteiger partial charge in [-0.3, -0.25) is 14.6 Å². The first kappa shape index (κ1) is 22.0. The Morgan fingerprint density at radius 2 is 1.78 bits per heavy atom. The van der Waals surface area contributed by atoms with E-state index in [1.165, 1.54) is 0 Å². The van der Waals surface area contributed by atoms with Gasteiger partial charge in [0.05, 0.1) is 20.6 Å². The summed E-state index contributed by atoms with van der Waals surface area (Å²) in [7, 11) is 3.16. The lowest BCUT2D eigenvalue weighted by atomic mass is 10.0. The van der Waals surface area contributed by atoms with E-state index in [1.54, 1.807) is 26.5 Å². The summed E-state index contributed by atoms with van der Waals surface area (Å²) in [5, 5.41) is 0. The van der Waals surface area contributed by atoms with Gasteiger partial charge in [0.1, 0.15) is 6.04 Å². The van der Waals surface area contributed by atoms with Crippen LogP contribution in [0, 0.1) is 0 Å². The molecule has 170 valence electrons. The van der Waals surface area contributed by atoms with Crippen molar-refractivity contribution in [3.8, 4) is 11.5 Å². The first-order valence-electron chi connectivity index (χ1n) is 10.8. The minimum Gasteiger partial charge on any atom is -0.493 e. The van der Waals surface area contributed by atoms with Crippen LogP contribution in [0.15, 0.2) is 42.7 Å². The Hall–Kier alpha value is -3.17. The number of piperazine rings is 1. The van der Waals surface area contributed by atoms with Crippen molar-refractivity contribution in [3.63, 3.8) is 0 Å². The Morgan fingerprint density at radius 1 is 1.03 bits per heavy atom. The maximum Gasteiger partial charge on any atom is 0.241 e. The molecule has 0 bridgehead atoms. The minimum atomic E-state index is -0.283. The molecular formula is C23H29N5O4. The molecule has 2 aliphatic heterocycles. The Morgan fingerprint density at radius 3 is 2.47 bits per heavy atom. The van der Waals surface area contributed by atoms with Gasteiger partial charge >= 0.3 is 0 Å². The number of nitrogens with zero attached hydrogens (tertiary/aromatic N) is 3. The lowest BCUT2D eigenvalue weighted by molar-refractivity contribution is -0.140. The molecule has 2 amide bonds. The Labute approximate surface area is 187 Å². The molecule has 2 aromatic rings. The number of hydrogen-bond donors (Lipinski definition) is 2. The van der Waals surface area contributed by atoms with E-state index in [4.69, 9.17) is 9.47 Å². The van der Waals surface area contributed by atoms with Gasteiger partial charge in [0.2, 0.25) is 11.8 Å². The molecular weight excluding hydrogens is 410 g/mol. The lowest BCUT2D eigenvalue weighted by Crippen LogP contribution is -2.54. The summed E-state index contributed by atoms with van der Waals surface area (Å²) < 4.78 is 10.6. The highest BCUT2D eigenvalue weighted by Crippen LogP contribution is 2.28. The van der Waals surface area contributed by atoms with E-state index in [-0.39, 0.29) is 30.3 Å². The standard InChI is InChI=1S/C23H29N5O4/c1-31-20-6-5-16(12-21(20)32-2)13-22(29)27-8-10-28(11-9-27)23(30)19-14-18(25-26-19)17-4-3-7-24-15-17/h3-7,12,15,18-19,25-26H,8-11,13-14H2,1-2H3. The molecule has 9 nitrogen and oxygen atoms in total. The quantitative estimate of drug-likeness (QED) is 0.691. The molecule has 3 heterocycles. The second kappa shape index (κ2) is 9.97. The Kier molecular flexibility index (Phi) is 6.87. The third-order valence-electron chi connectivity index (χ3n) is 6.04. The Balaban J connectivity index is 1.27. The molecule has 2 atom stereocenters. The SMILES string of the molecule is COc1ccc(CC(=O)N2CCN(C(=O)C3CC(c4cccnc4)NN3)CC2)cc1OC. The van der Waals surface area contributed by atoms with Gasteiger partial charge in [-0.1, -0.05) is 12.1 Å². The number of pyridine rings is 1. The maximum absolute atomic E-state index is 13.0. The van der Waals surface area contributed by atoms with Crippen LogP contribution >= 0.6 is 0 Å². The minimum absolute atomic E-state index is 0.0432. The third kappa shape index (κ3) is 4.84. The van der Waals surface area contributed by atoms with E-state index in [9.17, 15) is 9.59 Å². The number of benzene rings is 1. The Bertz CT molecular complexity index is 947. The van der Waals surface area contributed by atoms with E-state index in [0.29, 0.717) is 44.1 Å². The number of carbonyl (C=O) groups is 2. The van der Waals surface area contributed by atoms with Crippen molar-refractivity contribution in [2.24, 2.45) is 0 Å². The fourth-order valence-electron chi connectivity index (χ4n) is 4.19. The van der Waals surface area contributed by atoms with E-state index < -0.39 is 0 Å². The predicted molar refractivity (Wildman–Crippen MR) is 118 cm³/mol. The van der Waals surface area contributed by atoms with E-state index >= 15 is 0 Å². The number of aromatic nitrogens is 1. The molecule has 2 saturated heterocycles. The fraction of sp³-hybridized carbons (Fsp3) is 0.435.